The Labute approximate surface area is 80.7 Å². The van der Waals surface area contributed by atoms with E-state index in [9.17, 15) is 8.78 Å². The molecule has 0 aromatic heterocycles. The molecule has 1 aromatic carbocycles. The fourth-order valence-electron chi connectivity index (χ4n) is 0.859. The number of hydrogen-bond donors (Lipinski definition) is 0. The van der Waals surface area contributed by atoms with Gasteiger partial charge in [0.15, 0.2) is 0 Å². The Balaban J connectivity index is 2.54. The standard InChI is InChI=1S/C10H10F2S/c1-2-8-3-5-9(6-4-8)13-7-10(11)12/h2-6,10H,1,7H2. The molecule has 70 valence electrons. The molecular formula is C10H10F2S. The molecule has 0 saturated heterocycles. The molecule has 0 heterocycles. The van der Waals surface area contributed by atoms with Crippen LogP contribution in [0.3, 0.4) is 0 Å². The lowest BCUT2D eigenvalue weighted by Crippen LogP contribution is -1.92. The minimum atomic E-state index is -2.25. The molecular weight excluding hydrogens is 190 g/mol. The van der Waals surface area contributed by atoms with Gasteiger partial charge in [-0.25, -0.2) is 8.78 Å². The van der Waals surface area contributed by atoms with Crippen LogP contribution in [0, 0.1) is 0 Å². The third-order valence-corrected chi connectivity index (χ3v) is 2.52. The summed E-state index contributed by atoms with van der Waals surface area (Å²) in [5.74, 6) is -0.145. The zero-order chi connectivity index (χ0) is 9.68. The Morgan fingerprint density at radius 3 is 2.38 bits per heavy atom. The van der Waals surface area contributed by atoms with Crippen LogP contribution in [0.15, 0.2) is 35.7 Å². The molecule has 0 nitrogen and oxygen atoms in total. The molecule has 0 spiro atoms. The van der Waals surface area contributed by atoms with Crippen molar-refractivity contribution in [2.75, 3.05) is 5.75 Å². The number of alkyl halides is 2. The third kappa shape index (κ3) is 3.59. The highest BCUT2D eigenvalue weighted by Gasteiger charge is 2.02. The average molecular weight is 200 g/mol. The summed E-state index contributed by atoms with van der Waals surface area (Å²) in [7, 11) is 0. The van der Waals surface area contributed by atoms with Crippen molar-refractivity contribution >= 4 is 17.8 Å². The zero-order valence-electron chi connectivity index (χ0n) is 7.04. The molecule has 0 unspecified atom stereocenters. The maximum atomic E-state index is 11.8. The summed E-state index contributed by atoms with van der Waals surface area (Å²) in [4.78, 5) is 0.867. The first-order valence-corrected chi connectivity index (χ1v) is 4.84. The Kier molecular flexibility index (Phi) is 3.96. The summed E-state index contributed by atoms with van der Waals surface area (Å²) in [6.07, 6.45) is -0.522. The van der Waals surface area contributed by atoms with E-state index in [0.29, 0.717) is 0 Å². The van der Waals surface area contributed by atoms with Gasteiger partial charge in [0, 0.05) is 4.90 Å². The van der Waals surface area contributed by atoms with Crippen molar-refractivity contribution in [2.45, 2.75) is 11.3 Å². The summed E-state index contributed by atoms with van der Waals surface area (Å²) in [6, 6.07) is 7.37. The molecule has 0 bridgehead atoms. The van der Waals surface area contributed by atoms with E-state index >= 15 is 0 Å². The fraction of sp³-hybridized carbons (Fsp3) is 0.200. The molecule has 0 saturated carbocycles. The van der Waals surface area contributed by atoms with Gasteiger partial charge in [0.25, 0.3) is 0 Å². The van der Waals surface area contributed by atoms with Crippen LogP contribution in [0.4, 0.5) is 8.78 Å². The van der Waals surface area contributed by atoms with E-state index in [-0.39, 0.29) is 5.75 Å². The van der Waals surface area contributed by atoms with Gasteiger partial charge >= 0.3 is 0 Å². The Morgan fingerprint density at radius 2 is 1.92 bits per heavy atom. The first-order valence-electron chi connectivity index (χ1n) is 3.86. The number of benzene rings is 1. The second kappa shape index (κ2) is 5.02. The highest BCUT2D eigenvalue weighted by atomic mass is 32.2. The van der Waals surface area contributed by atoms with Crippen LogP contribution < -0.4 is 0 Å². The topological polar surface area (TPSA) is 0 Å². The lowest BCUT2D eigenvalue weighted by molar-refractivity contribution is 0.177. The summed E-state index contributed by atoms with van der Waals surface area (Å²) in [6.45, 7) is 3.61. The number of rotatable bonds is 4. The molecule has 3 heteroatoms. The molecule has 0 radical (unpaired) electrons. The quantitative estimate of drug-likeness (QED) is 0.668. The number of halogens is 2. The first kappa shape index (κ1) is 10.3. The van der Waals surface area contributed by atoms with Gasteiger partial charge in [0.1, 0.15) is 0 Å². The zero-order valence-corrected chi connectivity index (χ0v) is 7.86. The van der Waals surface area contributed by atoms with Gasteiger partial charge in [-0.3, -0.25) is 0 Å². The summed E-state index contributed by atoms with van der Waals surface area (Å²) in [5, 5.41) is 0. The van der Waals surface area contributed by atoms with Crippen LogP contribution in [0.2, 0.25) is 0 Å². The molecule has 0 amide bonds. The lowest BCUT2D eigenvalue weighted by atomic mass is 10.2. The van der Waals surface area contributed by atoms with Gasteiger partial charge in [-0.2, -0.15) is 0 Å². The van der Waals surface area contributed by atoms with E-state index in [1.165, 1.54) is 0 Å². The fourth-order valence-corrected chi connectivity index (χ4v) is 1.51. The van der Waals surface area contributed by atoms with Gasteiger partial charge in [-0.05, 0) is 17.7 Å². The Morgan fingerprint density at radius 1 is 1.31 bits per heavy atom. The minimum absolute atomic E-state index is 0.145. The van der Waals surface area contributed by atoms with Gasteiger partial charge in [-0.1, -0.05) is 24.8 Å². The molecule has 1 aromatic rings. The molecule has 0 atom stereocenters. The maximum Gasteiger partial charge on any atom is 0.247 e. The largest absolute Gasteiger partial charge is 0.247 e. The SMILES string of the molecule is C=Cc1ccc(SCC(F)F)cc1. The molecule has 0 aliphatic carbocycles. The van der Waals surface area contributed by atoms with Gasteiger partial charge in [-0.15, -0.1) is 11.8 Å². The monoisotopic (exact) mass is 200 g/mol. The summed E-state index contributed by atoms with van der Waals surface area (Å²) in [5.41, 5.74) is 1.00. The molecule has 13 heavy (non-hydrogen) atoms. The predicted molar refractivity (Wildman–Crippen MR) is 53.3 cm³/mol. The van der Waals surface area contributed by atoms with Crippen LogP contribution in [-0.2, 0) is 0 Å². The summed E-state index contributed by atoms with van der Waals surface area (Å²) < 4.78 is 23.7. The average Bonchev–Trinajstić information content (AvgIpc) is 2.15. The van der Waals surface area contributed by atoms with E-state index in [2.05, 4.69) is 6.58 Å². The van der Waals surface area contributed by atoms with Crippen LogP contribution in [0.5, 0.6) is 0 Å². The van der Waals surface area contributed by atoms with Gasteiger partial charge in [0.05, 0.1) is 5.75 Å². The van der Waals surface area contributed by atoms with Crippen molar-refractivity contribution in [2.24, 2.45) is 0 Å². The minimum Gasteiger partial charge on any atom is -0.210 e. The Bertz CT molecular complexity index is 267. The Hall–Kier alpha value is -0.830. The van der Waals surface area contributed by atoms with E-state index < -0.39 is 6.43 Å². The maximum absolute atomic E-state index is 11.8. The van der Waals surface area contributed by atoms with Crippen molar-refractivity contribution in [3.8, 4) is 0 Å². The third-order valence-electron chi connectivity index (χ3n) is 1.49. The van der Waals surface area contributed by atoms with Crippen LogP contribution in [0.1, 0.15) is 5.56 Å². The molecule has 1 rings (SSSR count). The second-order valence-corrected chi connectivity index (χ2v) is 3.57. The van der Waals surface area contributed by atoms with E-state index in [4.69, 9.17) is 0 Å². The van der Waals surface area contributed by atoms with Crippen LogP contribution in [0.25, 0.3) is 6.08 Å². The van der Waals surface area contributed by atoms with E-state index in [0.717, 1.165) is 22.2 Å². The molecule has 0 aliphatic heterocycles. The van der Waals surface area contributed by atoms with Gasteiger partial charge in [0.2, 0.25) is 6.43 Å². The highest BCUT2D eigenvalue weighted by Crippen LogP contribution is 2.20. The molecule has 0 fully saturated rings. The molecule has 0 N–H and O–H groups in total. The van der Waals surface area contributed by atoms with Crippen molar-refractivity contribution in [3.63, 3.8) is 0 Å². The predicted octanol–water partition coefficient (Wildman–Crippen LogP) is 3.69. The van der Waals surface area contributed by atoms with E-state index in [1.54, 1.807) is 6.08 Å². The van der Waals surface area contributed by atoms with E-state index in [1.807, 2.05) is 24.3 Å². The number of thioether (sulfide) groups is 1. The lowest BCUT2D eigenvalue weighted by Gasteiger charge is -2.00. The number of hydrogen-bond acceptors (Lipinski definition) is 1. The second-order valence-electron chi connectivity index (χ2n) is 2.48. The first-order chi connectivity index (χ1) is 6.22. The normalized spacial score (nSPS) is 10.4. The van der Waals surface area contributed by atoms with Crippen LogP contribution in [-0.4, -0.2) is 12.2 Å². The van der Waals surface area contributed by atoms with Crippen molar-refractivity contribution in [1.29, 1.82) is 0 Å². The van der Waals surface area contributed by atoms with Crippen molar-refractivity contribution in [1.82, 2.24) is 0 Å². The highest BCUT2D eigenvalue weighted by molar-refractivity contribution is 7.99. The molecule has 0 aliphatic rings. The summed E-state index contributed by atoms with van der Waals surface area (Å²) >= 11 is 1.16. The van der Waals surface area contributed by atoms with Crippen molar-refractivity contribution < 1.29 is 8.78 Å². The van der Waals surface area contributed by atoms with Crippen molar-refractivity contribution in [3.05, 3.63) is 36.4 Å². The van der Waals surface area contributed by atoms with Gasteiger partial charge < -0.3 is 0 Å². The van der Waals surface area contributed by atoms with Crippen LogP contribution >= 0.6 is 11.8 Å². The smallest absolute Gasteiger partial charge is 0.210 e.